The standard InChI is InChI=1S/C22H23N3O/c1-22(2,3)19-11-7-8-12-20(19)24-21(26)14-13-17-15-23-25(16-17)18-9-5-4-6-10-18/h4-16H,1-3H3,(H,24,26)/b14-13+. The van der Waals surface area contributed by atoms with Gasteiger partial charge in [0.2, 0.25) is 5.91 Å². The van der Waals surface area contributed by atoms with Crippen molar-refractivity contribution in [2.45, 2.75) is 26.2 Å². The number of hydrogen-bond donors (Lipinski definition) is 1. The monoisotopic (exact) mass is 345 g/mol. The van der Waals surface area contributed by atoms with Crippen LogP contribution in [0.4, 0.5) is 5.69 Å². The largest absolute Gasteiger partial charge is 0.322 e. The van der Waals surface area contributed by atoms with Crippen LogP contribution in [0.3, 0.4) is 0 Å². The quantitative estimate of drug-likeness (QED) is 0.689. The molecule has 1 heterocycles. The van der Waals surface area contributed by atoms with Gasteiger partial charge in [-0.05, 0) is 35.3 Å². The molecule has 3 aromatic rings. The molecule has 1 N–H and O–H groups in total. The Morgan fingerprint density at radius 3 is 2.46 bits per heavy atom. The maximum Gasteiger partial charge on any atom is 0.248 e. The molecule has 0 atom stereocenters. The van der Waals surface area contributed by atoms with Crippen LogP contribution in [0.5, 0.6) is 0 Å². The SMILES string of the molecule is CC(C)(C)c1ccccc1NC(=O)/C=C/c1cnn(-c2ccccc2)c1. The Labute approximate surface area is 154 Å². The Kier molecular flexibility index (Phi) is 5.03. The minimum absolute atomic E-state index is 0.0373. The summed E-state index contributed by atoms with van der Waals surface area (Å²) >= 11 is 0. The van der Waals surface area contributed by atoms with Gasteiger partial charge in [0.25, 0.3) is 0 Å². The van der Waals surface area contributed by atoms with E-state index in [2.05, 4.69) is 31.2 Å². The number of carbonyl (C=O) groups is 1. The van der Waals surface area contributed by atoms with Crippen LogP contribution in [0, 0.1) is 0 Å². The first-order valence-electron chi connectivity index (χ1n) is 8.62. The molecule has 2 aromatic carbocycles. The van der Waals surface area contributed by atoms with Crippen LogP contribution in [0.15, 0.2) is 73.1 Å². The van der Waals surface area contributed by atoms with Crippen LogP contribution in [0.2, 0.25) is 0 Å². The lowest BCUT2D eigenvalue weighted by molar-refractivity contribution is -0.111. The second-order valence-electron chi connectivity index (χ2n) is 7.17. The molecule has 0 saturated heterocycles. The molecule has 4 nitrogen and oxygen atoms in total. The third kappa shape index (κ3) is 4.28. The van der Waals surface area contributed by atoms with Crippen LogP contribution < -0.4 is 5.32 Å². The van der Waals surface area contributed by atoms with Crippen molar-refractivity contribution in [1.29, 1.82) is 0 Å². The number of carbonyl (C=O) groups excluding carboxylic acids is 1. The molecular weight excluding hydrogens is 322 g/mol. The Morgan fingerprint density at radius 2 is 1.73 bits per heavy atom. The van der Waals surface area contributed by atoms with Gasteiger partial charge in [-0.3, -0.25) is 4.79 Å². The summed E-state index contributed by atoms with van der Waals surface area (Å²) in [6, 6.07) is 17.8. The number of para-hydroxylation sites is 2. The molecule has 3 rings (SSSR count). The lowest BCUT2D eigenvalue weighted by Crippen LogP contribution is -2.17. The summed E-state index contributed by atoms with van der Waals surface area (Å²) in [6.45, 7) is 6.39. The number of hydrogen-bond acceptors (Lipinski definition) is 2. The average molecular weight is 345 g/mol. The van der Waals surface area contributed by atoms with Crippen LogP contribution in [0.1, 0.15) is 31.9 Å². The fraction of sp³-hybridized carbons (Fsp3) is 0.182. The zero-order valence-corrected chi connectivity index (χ0v) is 15.3. The van der Waals surface area contributed by atoms with Gasteiger partial charge in [0.15, 0.2) is 0 Å². The molecule has 0 spiro atoms. The van der Waals surface area contributed by atoms with Gasteiger partial charge < -0.3 is 5.32 Å². The summed E-state index contributed by atoms with van der Waals surface area (Å²) in [5.74, 6) is -0.158. The van der Waals surface area contributed by atoms with Gasteiger partial charge in [-0.2, -0.15) is 5.10 Å². The molecule has 0 aliphatic carbocycles. The minimum Gasteiger partial charge on any atom is -0.322 e. The lowest BCUT2D eigenvalue weighted by atomic mass is 9.86. The van der Waals surface area contributed by atoms with E-state index in [4.69, 9.17) is 0 Å². The molecule has 0 aliphatic heterocycles. The van der Waals surface area contributed by atoms with E-state index in [0.29, 0.717) is 0 Å². The van der Waals surface area contributed by atoms with Crippen LogP contribution in [-0.4, -0.2) is 15.7 Å². The second kappa shape index (κ2) is 7.40. The van der Waals surface area contributed by atoms with Crippen molar-refractivity contribution in [2.24, 2.45) is 0 Å². The van der Waals surface area contributed by atoms with Crippen molar-refractivity contribution < 1.29 is 4.79 Å². The summed E-state index contributed by atoms with van der Waals surface area (Å²) < 4.78 is 1.78. The van der Waals surface area contributed by atoms with Gasteiger partial charge in [-0.1, -0.05) is 57.2 Å². The molecule has 1 aromatic heterocycles. The number of aromatic nitrogens is 2. The Balaban J connectivity index is 1.71. The maximum atomic E-state index is 12.3. The average Bonchev–Trinajstić information content (AvgIpc) is 3.09. The molecule has 0 radical (unpaired) electrons. The van der Waals surface area contributed by atoms with Crippen molar-refractivity contribution >= 4 is 17.7 Å². The fourth-order valence-electron chi connectivity index (χ4n) is 2.74. The normalized spacial score (nSPS) is 11.7. The van der Waals surface area contributed by atoms with Crippen molar-refractivity contribution in [3.05, 3.63) is 84.2 Å². The summed E-state index contributed by atoms with van der Waals surface area (Å²) in [7, 11) is 0. The summed E-state index contributed by atoms with van der Waals surface area (Å²) in [6.07, 6.45) is 6.93. The molecule has 0 fully saturated rings. The van der Waals surface area contributed by atoms with Gasteiger partial charge in [0.1, 0.15) is 0 Å². The molecule has 0 bridgehead atoms. The molecule has 1 amide bonds. The van der Waals surface area contributed by atoms with Gasteiger partial charge in [0.05, 0.1) is 11.9 Å². The number of benzene rings is 2. The van der Waals surface area contributed by atoms with Crippen LogP contribution >= 0.6 is 0 Å². The number of anilines is 1. The third-order valence-corrected chi connectivity index (χ3v) is 4.04. The predicted molar refractivity (Wildman–Crippen MR) is 106 cm³/mol. The molecule has 0 unspecified atom stereocenters. The van der Waals surface area contributed by atoms with Gasteiger partial charge in [-0.25, -0.2) is 4.68 Å². The molecule has 0 saturated carbocycles. The second-order valence-corrected chi connectivity index (χ2v) is 7.17. The first-order valence-corrected chi connectivity index (χ1v) is 8.62. The van der Waals surface area contributed by atoms with Crippen molar-refractivity contribution in [3.63, 3.8) is 0 Å². The van der Waals surface area contributed by atoms with E-state index in [1.807, 2.05) is 60.8 Å². The fourth-order valence-corrected chi connectivity index (χ4v) is 2.74. The van der Waals surface area contributed by atoms with E-state index in [1.54, 1.807) is 17.0 Å². The first kappa shape index (κ1) is 17.7. The maximum absolute atomic E-state index is 12.3. The van der Waals surface area contributed by atoms with E-state index in [0.717, 1.165) is 22.5 Å². The van der Waals surface area contributed by atoms with Crippen LogP contribution in [0.25, 0.3) is 11.8 Å². The predicted octanol–water partition coefficient (Wildman–Crippen LogP) is 4.82. The van der Waals surface area contributed by atoms with Gasteiger partial charge in [-0.15, -0.1) is 0 Å². The summed E-state index contributed by atoms with van der Waals surface area (Å²) in [5.41, 5.74) is 3.77. The highest BCUT2D eigenvalue weighted by molar-refractivity contribution is 6.02. The minimum atomic E-state index is -0.158. The molecular formula is C22H23N3O. The van der Waals surface area contributed by atoms with Crippen molar-refractivity contribution in [1.82, 2.24) is 9.78 Å². The zero-order chi connectivity index (χ0) is 18.6. The first-order chi connectivity index (χ1) is 12.4. The zero-order valence-electron chi connectivity index (χ0n) is 15.3. The number of rotatable bonds is 4. The number of nitrogens with zero attached hydrogens (tertiary/aromatic N) is 2. The van der Waals surface area contributed by atoms with Crippen molar-refractivity contribution in [2.75, 3.05) is 5.32 Å². The Bertz CT molecular complexity index is 918. The van der Waals surface area contributed by atoms with Crippen molar-refractivity contribution in [3.8, 4) is 5.69 Å². The van der Waals surface area contributed by atoms with E-state index >= 15 is 0 Å². The van der Waals surface area contributed by atoms with Gasteiger partial charge in [0, 0.05) is 23.5 Å². The third-order valence-electron chi connectivity index (χ3n) is 4.04. The summed E-state index contributed by atoms with van der Waals surface area (Å²) in [4.78, 5) is 12.3. The Morgan fingerprint density at radius 1 is 1.04 bits per heavy atom. The Hall–Kier alpha value is -3.14. The molecule has 26 heavy (non-hydrogen) atoms. The lowest BCUT2D eigenvalue weighted by Gasteiger charge is -2.22. The summed E-state index contributed by atoms with van der Waals surface area (Å²) in [5, 5.41) is 7.30. The molecule has 0 aliphatic rings. The highest BCUT2D eigenvalue weighted by atomic mass is 16.1. The van der Waals surface area contributed by atoms with Crippen LogP contribution in [-0.2, 0) is 10.2 Å². The smallest absolute Gasteiger partial charge is 0.248 e. The van der Waals surface area contributed by atoms with Gasteiger partial charge >= 0.3 is 0 Å². The highest BCUT2D eigenvalue weighted by Crippen LogP contribution is 2.29. The molecule has 132 valence electrons. The van der Waals surface area contributed by atoms with E-state index < -0.39 is 0 Å². The molecule has 4 heteroatoms. The van der Waals surface area contributed by atoms with E-state index in [1.165, 1.54) is 6.08 Å². The highest BCUT2D eigenvalue weighted by Gasteiger charge is 2.17. The topological polar surface area (TPSA) is 46.9 Å². The van der Waals surface area contributed by atoms with E-state index in [9.17, 15) is 4.79 Å². The number of nitrogens with one attached hydrogen (secondary N) is 1. The van der Waals surface area contributed by atoms with E-state index in [-0.39, 0.29) is 11.3 Å². The number of amides is 1.